The van der Waals surface area contributed by atoms with Crippen LogP contribution < -0.4 is 11.1 Å². The van der Waals surface area contributed by atoms with E-state index < -0.39 is 23.8 Å². The Morgan fingerprint density at radius 1 is 1.33 bits per heavy atom. The lowest BCUT2D eigenvalue weighted by Crippen LogP contribution is -2.48. The van der Waals surface area contributed by atoms with Crippen molar-refractivity contribution in [3.63, 3.8) is 0 Å². The summed E-state index contributed by atoms with van der Waals surface area (Å²) in [5.74, 6) is -1.39. The van der Waals surface area contributed by atoms with Gasteiger partial charge in [-0.15, -0.1) is 0 Å². The number of ether oxygens (including phenoxy) is 1. The molecule has 1 heterocycles. The van der Waals surface area contributed by atoms with Crippen molar-refractivity contribution in [1.82, 2.24) is 10.2 Å². The summed E-state index contributed by atoms with van der Waals surface area (Å²) in [6, 6.07) is 3.61. The summed E-state index contributed by atoms with van der Waals surface area (Å²) in [6.07, 6.45) is 0. The van der Waals surface area contributed by atoms with E-state index in [1.54, 1.807) is 6.07 Å². The van der Waals surface area contributed by atoms with Gasteiger partial charge in [0.05, 0.1) is 17.7 Å². The molecule has 1 aliphatic rings. The highest BCUT2D eigenvalue weighted by Crippen LogP contribution is 2.26. The summed E-state index contributed by atoms with van der Waals surface area (Å²) in [4.78, 5) is 37.5. The second-order valence-corrected chi connectivity index (χ2v) is 4.75. The summed E-state index contributed by atoms with van der Waals surface area (Å²) in [5, 5.41) is 2.60. The van der Waals surface area contributed by atoms with Crippen molar-refractivity contribution in [2.24, 2.45) is 0 Å². The maximum Gasteiger partial charge on any atom is 0.262 e. The van der Waals surface area contributed by atoms with Crippen molar-refractivity contribution in [2.45, 2.75) is 13.0 Å². The molecule has 0 saturated heterocycles. The number of amides is 3. The van der Waals surface area contributed by atoms with E-state index in [9.17, 15) is 14.4 Å². The standard InChI is InChI=1S/C14H17N3O4/c1-8(12(18)16-5-6-21-2)17-13(19)10-4-3-9(15)7-11(10)14(17)20/h3-4,7-8H,5-6,15H2,1-2H3,(H,16,18). The quantitative estimate of drug-likeness (QED) is 0.452. The number of anilines is 1. The highest BCUT2D eigenvalue weighted by Gasteiger charge is 2.40. The maximum atomic E-state index is 12.3. The van der Waals surface area contributed by atoms with Crippen LogP contribution >= 0.6 is 0 Å². The van der Waals surface area contributed by atoms with Gasteiger partial charge in [-0.05, 0) is 25.1 Å². The third-order valence-electron chi connectivity index (χ3n) is 3.31. The molecule has 1 aromatic carbocycles. The van der Waals surface area contributed by atoms with Crippen LogP contribution in [0.1, 0.15) is 27.6 Å². The van der Waals surface area contributed by atoms with Crippen LogP contribution in [0.25, 0.3) is 0 Å². The molecule has 3 N–H and O–H groups in total. The van der Waals surface area contributed by atoms with Crippen molar-refractivity contribution in [1.29, 1.82) is 0 Å². The number of nitrogen functional groups attached to an aromatic ring is 1. The summed E-state index contributed by atoms with van der Waals surface area (Å²) < 4.78 is 4.83. The number of nitrogens with one attached hydrogen (secondary N) is 1. The predicted molar refractivity (Wildman–Crippen MR) is 75.7 cm³/mol. The number of nitrogens with two attached hydrogens (primary N) is 1. The van der Waals surface area contributed by atoms with Crippen LogP contribution in [0.2, 0.25) is 0 Å². The molecule has 21 heavy (non-hydrogen) atoms. The first kappa shape index (κ1) is 15.0. The first-order valence-corrected chi connectivity index (χ1v) is 6.51. The van der Waals surface area contributed by atoms with Crippen LogP contribution in [0.3, 0.4) is 0 Å². The van der Waals surface area contributed by atoms with Gasteiger partial charge in [-0.1, -0.05) is 0 Å². The Bertz CT molecular complexity index is 600. The number of hydrogen-bond donors (Lipinski definition) is 2. The van der Waals surface area contributed by atoms with Gasteiger partial charge in [-0.25, -0.2) is 0 Å². The molecule has 3 amide bonds. The van der Waals surface area contributed by atoms with E-state index >= 15 is 0 Å². The molecule has 7 nitrogen and oxygen atoms in total. The molecule has 0 aliphatic carbocycles. The molecule has 0 bridgehead atoms. The third-order valence-corrected chi connectivity index (χ3v) is 3.31. The van der Waals surface area contributed by atoms with Crippen molar-refractivity contribution < 1.29 is 19.1 Å². The van der Waals surface area contributed by atoms with Gasteiger partial charge >= 0.3 is 0 Å². The van der Waals surface area contributed by atoms with Gasteiger partial charge in [0.15, 0.2) is 0 Å². The molecule has 0 aromatic heterocycles. The van der Waals surface area contributed by atoms with Gasteiger partial charge in [0.25, 0.3) is 11.8 Å². The molecule has 0 fully saturated rings. The van der Waals surface area contributed by atoms with E-state index in [1.165, 1.54) is 26.2 Å². The second kappa shape index (κ2) is 5.92. The van der Waals surface area contributed by atoms with Crippen LogP contribution in [-0.4, -0.2) is 48.9 Å². The van der Waals surface area contributed by atoms with Crippen molar-refractivity contribution in [2.75, 3.05) is 26.0 Å². The number of carbonyl (C=O) groups excluding carboxylic acids is 3. The van der Waals surface area contributed by atoms with Crippen molar-refractivity contribution in [3.8, 4) is 0 Å². The van der Waals surface area contributed by atoms with E-state index in [2.05, 4.69) is 5.32 Å². The number of fused-ring (bicyclic) bond motifs is 1. The molecule has 7 heteroatoms. The van der Waals surface area contributed by atoms with Crippen LogP contribution in [0.15, 0.2) is 18.2 Å². The van der Waals surface area contributed by atoms with Gasteiger partial charge in [-0.3, -0.25) is 19.3 Å². The van der Waals surface area contributed by atoms with Gasteiger partial charge in [-0.2, -0.15) is 0 Å². The molecule has 1 unspecified atom stereocenters. The average molecular weight is 291 g/mol. The van der Waals surface area contributed by atoms with Crippen LogP contribution in [0, 0.1) is 0 Å². The summed E-state index contributed by atoms with van der Waals surface area (Å²) >= 11 is 0. The van der Waals surface area contributed by atoms with E-state index in [-0.39, 0.29) is 11.1 Å². The largest absolute Gasteiger partial charge is 0.399 e. The average Bonchev–Trinajstić information content (AvgIpc) is 2.70. The van der Waals surface area contributed by atoms with Gasteiger partial charge in [0.1, 0.15) is 6.04 Å². The lowest BCUT2D eigenvalue weighted by atomic mass is 10.1. The van der Waals surface area contributed by atoms with Gasteiger partial charge in [0, 0.05) is 19.3 Å². The zero-order valence-electron chi connectivity index (χ0n) is 11.9. The lowest BCUT2D eigenvalue weighted by Gasteiger charge is -2.21. The topological polar surface area (TPSA) is 102 Å². The fourth-order valence-electron chi connectivity index (χ4n) is 2.17. The molecule has 0 saturated carbocycles. The Kier molecular flexibility index (Phi) is 4.23. The van der Waals surface area contributed by atoms with Crippen LogP contribution in [0.4, 0.5) is 5.69 Å². The Morgan fingerprint density at radius 2 is 2.00 bits per heavy atom. The van der Waals surface area contributed by atoms with E-state index in [0.29, 0.717) is 18.8 Å². The smallest absolute Gasteiger partial charge is 0.262 e. The molecule has 1 atom stereocenters. The molecule has 1 aromatic rings. The fourth-order valence-corrected chi connectivity index (χ4v) is 2.17. The van der Waals surface area contributed by atoms with Crippen LogP contribution in [0.5, 0.6) is 0 Å². The molecule has 2 rings (SSSR count). The lowest BCUT2D eigenvalue weighted by molar-refractivity contribution is -0.124. The fraction of sp³-hybridized carbons (Fsp3) is 0.357. The monoisotopic (exact) mass is 291 g/mol. The van der Waals surface area contributed by atoms with E-state index in [4.69, 9.17) is 10.5 Å². The molecular formula is C14H17N3O4. The van der Waals surface area contributed by atoms with Crippen molar-refractivity contribution in [3.05, 3.63) is 29.3 Å². The normalized spacial score (nSPS) is 15.0. The van der Waals surface area contributed by atoms with Crippen LogP contribution in [-0.2, 0) is 9.53 Å². The number of rotatable bonds is 5. The minimum absolute atomic E-state index is 0.233. The molecular weight excluding hydrogens is 274 g/mol. The highest BCUT2D eigenvalue weighted by molar-refractivity contribution is 6.23. The second-order valence-electron chi connectivity index (χ2n) is 4.75. The minimum atomic E-state index is -0.893. The first-order valence-electron chi connectivity index (χ1n) is 6.51. The molecule has 0 radical (unpaired) electrons. The zero-order chi connectivity index (χ0) is 15.6. The Labute approximate surface area is 122 Å². The third kappa shape index (κ3) is 2.73. The number of benzene rings is 1. The first-order chi connectivity index (χ1) is 9.97. The minimum Gasteiger partial charge on any atom is -0.399 e. The maximum absolute atomic E-state index is 12.3. The van der Waals surface area contributed by atoms with E-state index in [0.717, 1.165) is 4.90 Å². The summed E-state index contributed by atoms with van der Waals surface area (Å²) in [5.41, 5.74) is 6.52. The highest BCUT2D eigenvalue weighted by atomic mass is 16.5. The van der Waals surface area contributed by atoms with Gasteiger partial charge < -0.3 is 15.8 Å². The Hall–Kier alpha value is -2.41. The predicted octanol–water partition coefficient (Wildman–Crippen LogP) is 0.0159. The van der Waals surface area contributed by atoms with E-state index in [1.807, 2.05) is 0 Å². The summed E-state index contributed by atoms with van der Waals surface area (Å²) in [6.45, 7) is 2.18. The Morgan fingerprint density at radius 3 is 2.67 bits per heavy atom. The zero-order valence-corrected chi connectivity index (χ0v) is 11.9. The number of hydrogen-bond acceptors (Lipinski definition) is 5. The number of carbonyl (C=O) groups is 3. The number of nitrogens with zero attached hydrogens (tertiary/aromatic N) is 1. The number of imide groups is 1. The SMILES string of the molecule is COCCNC(=O)C(C)N1C(=O)c2ccc(N)cc2C1=O. The van der Waals surface area contributed by atoms with Gasteiger partial charge in [0.2, 0.25) is 5.91 Å². The Balaban J connectivity index is 2.17. The number of methoxy groups -OCH3 is 1. The molecule has 1 aliphatic heterocycles. The van der Waals surface area contributed by atoms with Crippen molar-refractivity contribution >= 4 is 23.4 Å². The molecule has 0 spiro atoms. The summed E-state index contributed by atoms with van der Waals surface area (Å²) in [7, 11) is 1.52. The molecule has 112 valence electrons.